The Bertz CT molecular complexity index is 1350. The second kappa shape index (κ2) is 8.84. The average molecular weight is 414 g/mol. The molecule has 0 saturated heterocycles. The first kappa shape index (κ1) is 21.4. The fraction of sp³-hybridized carbons (Fsp3) is 0.0312. The van der Waals surface area contributed by atoms with Crippen molar-refractivity contribution in [1.82, 2.24) is 0 Å². The van der Waals surface area contributed by atoms with Crippen LogP contribution in [0.4, 0.5) is 0 Å². The molecule has 0 nitrogen and oxygen atoms in total. The Labute approximate surface area is 207 Å². The molecule has 152 valence electrons. The van der Waals surface area contributed by atoms with Gasteiger partial charge in [-0.1, -0.05) is 133 Å². The SMILES string of the molecule is [Li+].c1ccc(C(c2ccccc2)(c2ccccc2)[c-]2c3ccccc3c3ccccc32)cc1. The van der Waals surface area contributed by atoms with E-state index in [1.165, 1.54) is 43.8 Å². The van der Waals surface area contributed by atoms with Crippen LogP contribution < -0.4 is 18.9 Å². The van der Waals surface area contributed by atoms with E-state index < -0.39 is 5.41 Å². The maximum atomic E-state index is 2.29. The van der Waals surface area contributed by atoms with Gasteiger partial charge < -0.3 is 0 Å². The van der Waals surface area contributed by atoms with Gasteiger partial charge in [0.05, 0.1) is 0 Å². The minimum absolute atomic E-state index is 0. The van der Waals surface area contributed by atoms with E-state index in [9.17, 15) is 0 Å². The van der Waals surface area contributed by atoms with Crippen LogP contribution in [0.3, 0.4) is 0 Å². The van der Waals surface area contributed by atoms with E-state index in [1.54, 1.807) is 0 Å². The van der Waals surface area contributed by atoms with Gasteiger partial charge in [-0.15, -0.1) is 33.7 Å². The molecule has 0 fully saturated rings. The number of benzene rings is 5. The number of fused-ring (bicyclic) bond motifs is 3. The minimum Gasteiger partial charge on any atom is -0.119 e. The monoisotopic (exact) mass is 414 g/mol. The van der Waals surface area contributed by atoms with Crippen molar-refractivity contribution in [3.8, 4) is 0 Å². The van der Waals surface area contributed by atoms with Gasteiger partial charge in [-0.2, -0.15) is 0 Å². The van der Waals surface area contributed by atoms with E-state index in [0.717, 1.165) is 0 Å². The van der Waals surface area contributed by atoms with E-state index in [2.05, 4.69) is 140 Å². The third kappa shape index (κ3) is 3.27. The number of hydrogen-bond donors (Lipinski definition) is 0. The Morgan fingerprint density at radius 3 is 1.03 bits per heavy atom. The van der Waals surface area contributed by atoms with Crippen LogP contribution in [0.15, 0.2) is 140 Å². The summed E-state index contributed by atoms with van der Waals surface area (Å²) in [4.78, 5) is 0. The van der Waals surface area contributed by atoms with E-state index in [-0.39, 0.29) is 18.9 Å². The van der Waals surface area contributed by atoms with Crippen molar-refractivity contribution in [1.29, 1.82) is 0 Å². The molecule has 0 aliphatic carbocycles. The maximum absolute atomic E-state index is 2.29. The zero-order valence-corrected chi connectivity index (χ0v) is 18.8. The fourth-order valence-corrected chi connectivity index (χ4v) is 5.42. The molecule has 0 aliphatic heterocycles. The number of hydrogen-bond acceptors (Lipinski definition) is 0. The molecule has 6 rings (SSSR count). The van der Waals surface area contributed by atoms with Crippen LogP contribution in [0, 0.1) is 0 Å². The maximum Gasteiger partial charge on any atom is 1.00 e. The Hall–Kier alpha value is -3.43. The molecule has 6 aromatic carbocycles. The quantitative estimate of drug-likeness (QED) is 0.214. The summed E-state index contributed by atoms with van der Waals surface area (Å²) < 4.78 is 0. The predicted molar refractivity (Wildman–Crippen MR) is 135 cm³/mol. The molecule has 6 aromatic rings. The normalized spacial score (nSPS) is 11.4. The summed E-state index contributed by atoms with van der Waals surface area (Å²) in [5, 5.41) is 5.24. The second-order valence-corrected chi connectivity index (χ2v) is 8.31. The van der Waals surface area contributed by atoms with Crippen molar-refractivity contribution in [2.24, 2.45) is 0 Å². The van der Waals surface area contributed by atoms with E-state index in [0.29, 0.717) is 0 Å². The largest absolute Gasteiger partial charge is 1.00 e. The van der Waals surface area contributed by atoms with Gasteiger partial charge in [0.25, 0.3) is 0 Å². The third-order valence-corrected chi connectivity index (χ3v) is 6.68. The van der Waals surface area contributed by atoms with Crippen molar-refractivity contribution in [2.45, 2.75) is 5.41 Å². The predicted octanol–water partition coefficient (Wildman–Crippen LogP) is 5.10. The fourth-order valence-electron chi connectivity index (χ4n) is 5.42. The number of rotatable bonds is 4. The molecule has 0 saturated carbocycles. The van der Waals surface area contributed by atoms with E-state index >= 15 is 0 Å². The van der Waals surface area contributed by atoms with Gasteiger partial charge in [-0.25, -0.2) is 0 Å². The average Bonchev–Trinajstić information content (AvgIpc) is 3.22. The van der Waals surface area contributed by atoms with Crippen LogP contribution in [0.1, 0.15) is 22.3 Å². The Morgan fingerprint density at radius 1 is 0.364 bits per heavy atom. The van der Waals surface area contributed by atoms with Gasteiger partial charge in [-0.05, 0) is 16.7 Å². The van der Waals surface area contributed by atoms with Crippen molar-refractivity contribution in [3.63, 3.8) is 0 Å². The summed E-state index contributed by atoms with van der Waals surface area (Å²) in [7, 11) is 0. The molecule has 0 radical (unpaired) electrons. The smallest absolute Gasteiger partial charge is 0.119 e. The van der Waals surface area contributed by atoms with Crippen molar-refractivity contribution in [2.75, 3.05) is 0 Å². The summed E-state index contributed by atoms with van der Waals surface area (Å²) >= 11 is 0. The van der Waals surface area contributed by atoms with Crippen LogP contribution in [0.2, 0.25) is 0 Å². The first-order chi connectivity index (χ1) is 15.9. The summed E-state index contributed by atoms with van der Waals surface area (Å²) in [5.41, 5.74) is 4.75. The van der Waals surface area contributed by atoms with Gasteiger partial charge >= 0.3 is 18.9 Å². The first-order valence-corrected chi connectivity index (χ1v) is 11.1. The molecule has 0 N–H and O–H groups in total. The molecule has 0 amide bonds. The van der Waals surface area contributed by atoms with Gasteiger partial charge in [0.15, 0.2) is 0 Å². The molecule has 1 heteroatoms. The second-order valence-electron chi connectivity index (χ2n) is 8.31. The van der Waals surface area contributed by atoms with Crippen molar-refractivity contribution in [3.05, 3.63) is 162 Å². The minimum atomic E-state index is -0.438. The zero-order valence-electron chi connectivity index (χ0n) is 18.8. The Balaban J connectivity index is 0.00000228. The van der Waals surface area contributed by atoms with Gasteiger partial charge in [0.2, 0.25) is 0 Å². The summed E-state index contributed by atoms with van der Waals surface area (Å²) in [6.07, 6.45) is 0. The van der Waals surface area contributed by atoms with Crippen LogP contribution in [0.5, 0.6) is 0 Å². The van der Waals surface area contributed by atoms with Crippen LogP contribution in [0.25, 0.3) is 21.5 Å². The van der Waals surface area contributed by atoms with Crippen molar-refractivity contribution < 1.29 is 18.9 Å². The van der Waals surface area contributed by atoms with E-state index in [4.69, 9.17) is 0 Å². The summed E-state index contributed by atoms with van der Waals surface area (Å²) in [6, 6.07) is 50.6. The van der Waals surface area contributed by atoms with Gasteiger partial charge in [-0.3, -0.25) is 0 Å². The zero-order chi connectivity index (χ0) is 21.4. The Morgan fingerprint density at radius 2 is 0.667 bits per heavy atom. The topological polar surface area (TPSA) is 0 Å². The molecule has 0 bridgehead atoms. The molecular formula is C32H23Li. The third-order valence-electron chi connectivity index (χ3n) is 6.68. The molecule has 0 atom stereocenters. The van der Waals surface area contributed by atoms with E-state index in [1.807, 2.05) is 0 Å². The van der Waals surface area contributed by atoms with Crippen LogP contribution >= 0.6 is 0 Å². The molecule has 0 heterocycles. The summed E-state index contributed by atoms with van der Waals surface area (Å²) in [5.74, 6) is 0. The standard InChI is InChI=1S/C32H23.Li/c1-4-14-24(15-5-1)32(25-16-6-2-7-17-25,26-18-8-3-9-19-26)31-29-22-12-10-20-27(29)28-21-11-13-23-30(28)31;/h1-23H;/q-1;+1. The molecule has 33 heavy (non-hydrogen) atoms. The molecule has 0 aromatic heterocycles. The van der Waals surface area contributed by atoms with Gasteiger partial charge in [0, 0.05) is 5.41 Å². The summed E-state index contributed by atoms with van der Waals surface area (Å²) in [6.45, 7) is 0. The first-order valence-electron chi connectivity index (χ1n) is 11.1. The van der Waals surface area contributed by atoms with Crippen LogP contribution in [-0.4, -0.2) is 0 Å². The molecule has 0 unspecified atom stereocenters. The molecule has 0 aliphatic rings. The van der Waals surface area contributed by atoms with Crippen LogP contribution in [-0.2, 0) is 5.41 Å². The molecule has 0 spiro atoms. The Kier molecular flexibility index (Phi) is 5.73. The van der Waals surface area contributed by atoms with Gasteiger partial charge in [0.1, 0.15) is 0 Å². The molecular weight excluding hydrogens is 391 g/mol. The van der Waals surface area contributed by atoms with Crippen molar-refractivity contribution >= 4 is 21.5 Å².